The smallest absolute Gasteiger partial charge is 0.338 e. The average molecular weight is 537 g/mol. The second kappa shape index (κ2) is 15.7. The van der Waals surface area contributed by atoms with Crippen molar-refractivity contribution in [1.82, 2.24) is 0 Å². The Labute approximate surface area is 228 Å². The molecule has 1 aromatic carbocycles. The Hall–Kier alpha value is -1.81. The number of cyclic esters (lactones) is 1. The predicted octanol–water partition coefficient (Wildman–Crippen LogP) is 4.29. The number of esters is 1. The Kier molecular flexibility index (Phi) is 13.4. The third kappa shape index (κ3) is 9.14. The zero-order valence-corrected chi connectivity index (χ0v) is 24.1. The van der Waals surface area contributed by atoms with E-state index in [-0.39, 0.29) is 26.4 Å². The monoisotopic (exact) mass is 536 g/mol. The zero-order valence-electron chi connectivity index (χ0n) is 24.1. The minimum absolute atomic E-state index is 0.0373. The van der Waals surface area contributed by atoms with Gasteiger partial charge in [-0.25, -0.2) is 4.79 Å². The molecule has 5 atom stereocenters. The number of ether oxygens (including phenoxy) is 5. The lowest BCUT2D eigenvalue weighted by molar-refractivity contribution is -0.193. The molecule has 2 N–H and O–H groups in total. The number of aliphatic hydroxyl groups is 2. The summed E-state index contributed by atoms with van der Waals surface area (Å²) >= 11 is 0. The lowest BCUT2D eigenvalue weighted by Crippen LogP contribution is -2.44. The summed E-state index contributed by atoms with van der Waals surface area (Å²) in [5.74, 6) is -0.279. The molecule has 0 fully saturated rings. The van der Waals surface area contributed by atoms with Gasteiger partial charge < -0.3 is 33.9 Å². The highest BCUT2D eigenvalue weighted by molar-refractivity contribution is 5.76. The number of rotatable bonds is 10. The molecule has 2 rings (SSSR count). The zero-order chi connectivity index (χ0) is 28.3. The molecule has 0 unspecified atom stereocenters. The van der Waals surface area contributed by atoms with Crippen molar-refractivity contribution < 1.29 is 38.7 Å². The van der Waals surface area contributed by atoms with Gasteiger partial charge in [-0.15, -0.1) is 0 Å². The van der Waals surface area contributed by atoms with Gasteiger partial charge in [0.1, 0.15) is 25.8 Å². The summed E-state index contributed by atoms with van der Waals surface area (Å²) in [6, 6.07) is 7.82. The maximum Gasteiger partial charge on any atom is 0.338 e. The first kappa shape index (κ1) is 32.4. The van der Waals surface area contributed by atoms with E-state index in [0.717, 1.165) is 29.5 Å². The van der Waals surface area contributed by atoms with Gasteiger partial charge in [-0.1, -0.05) is 58.0 Å². The Morgan fingerprint density at radius 2 is 1.76 bits per heavy atom. The summed E-state index contributed by atoms with van der Waals surface area (Å²) < 4.78 is 28.1. The van der Waals surface area contributed by atoms with E-state index in [1.165, 1.54) is 14.2 Å². The summed E-state index contributed by atoms with van der Waals surface area (Å²) in [4.78, 5) is 13.6. The SMILES string of the molecule is CCC(/C=C(/C)[C@@H]1C[C@@H](O)C[C@H](O)C(C)(C)c2cccc(c2)C[C@@H](OCOC)[C@H](OCOC)C(=O)O1)CC. The van der Waals surface area contributed by atoms with Crippen LogP contribution in [0.5, 0.6) is 0 Å². The Bertz CT molecular complexity index is 879. The number of benzene rings is 1. The second-order valence-corrected chi connectivity index (χ2v) is 10.8. The molecule has 0 aliphatic carbocycles. The third-order valence-corrected chi connectivity index (χ3v) is 7.57. The van der Waals surface area contributed by atoms with E-state index in [1.54, 1.807) is 0 Å². The minimum Gasteiger partial charge on any atom is -0.456 e. The third-order valence-electron chi connectivity index (χ3n) is 7.57. The van der Waals surface area contributed by atoms with E-state index < -0.39 is 41.9 Å². The summed E-state index contributed by atoms with van der Waals surface area (Å²) in [7, 11) is 3.00. The fraction of sp³-hybridized carbons (Fsp3) is 0.700. The number of carbonyl (C=O) groups excluding carboxylic acids is 1. The van der Waals surface area contributed by atoms with Gasteiger partial charge >= 0.3 is 5.97 Å². The molecule has 2 bridgehead atoms. The van der Waals surface area contributed by atoms with Gasteiger partial charge in [0.15, 0.2) is 6.10 Å². The molecule has 8 nitrogen and oxygen atoms in total. The molecule has 1 aliphatic heterocycles. The van der Waals surface area contributed by atoms with Crippen molar-refractivity contribution >= 4 is 5.97 Å². The molecule has 1 heterocycles. The standard InChI is InChI=1S/C30H48O8/c1-8-21(9-2)13-20(3)25-16-24(31)17-27(32)30(4,5)23-12-10-11-22(14-23)15-26(36-18-34-6)28(29(33)38-25)37-19-35-7/h10-14,21,24-28,31-32H,8-9,15-19H2,1-7H3/b20-13-/t24-,25+,26-,27+,28+/m1/s1. The van der Waals surface area contributed by atoms with Crippen LogP contribution in [0.15, 0.2) is 35.9 Å². The van der Waals surface area contributed by atoms with Crippen LogP contribution in [0, 0.1) is 5.92 Å². The number of hydrogen-bond donors (Lipinski definition) is 2. The van der Waals surface area contributed by atoms with Gasteiger partial charge in [-0.2, -0.15) is 0 Å². The highest BCUT2D eigenvalue weighted by Gasteiger charge is 2.37. The molecular formula is C30H48O8. The van der Waals surface area contributed by atoms with Gasteiger partial charge in [0.05, 0.1) is 12.2 Å². The summed E-state index contributed by atoms with van der Waals surface area (Å²) in [6.07, 6.45) is 0.466. The fourth-order valence-electron chi connectivity index (χ4n) is 4.83. The number of fused-ring (bicyclic) bond motifs is 2. The number of hydrogen-bond acceptors (Lipinski definition) is 8. The van der Waals surface area contributed by atoms with Crippen molar-refractivity contribution in [3.8, 4) is 0 Å². The van der Waals surface area contributed by atoms with Crippen LogP contribution in [-0.2, 0) is 40.3 Å². The van der Waals surface area contributed by atoms with E-state index in [2.05, 4.69) is 19.9 Å². The highest BCUT2D eigenvalue weighted by atomic mass is 16.7. The maximum atomic E-state index is 13.6. The lowest BCUT2D eigenvalue weighted by atomic mass is 9.76. The molecule has 1 aromatic rings. The van der Waals surface area contributed by atoms with Crippen LogP contribution < -0.4 is 0 Å². The molecule has 38 heavy (non-hydrogen) atoms. The van der Waals surface area contributed by atoms with E-state index in [4.69, 9.17) is 23.7 Å². The van der Waals surface area contributed by atoms with E-state index in [9.17, 15) is 15.0 Å². The highest BCUT2D eigenvalue weighted by Crippen LogP contribution is 2.32. The van der Waals surface area contributed by atoms with Gasteiger partial charge in [-0.3, -0.25) is 0 Å². The summed E-state index contributed by atoms with van der Waals surface area (Å²) in [5, 5.41) is 22.2. The minimum atomic E-state index is -1.09. The largest absolute Gasteiger partial charge is 0.456 e. The quantitative estimate of drug-likeness (QED) is 0.259. The van der Waals surface area contributed by atoms with Crippen molar-refractivity contribution in [2.24, 2.45) is 5.92 Å². The van der Waals surface area contributed by atoms with E-state index in [0.29, 0.717) is 12.3 Å². The van der Waals surface area contributed by atoms with Gasteiger partial charge in [0.2, 0.25) is 0 Å². The lowest BCUT2D eigenvalue weighted by Gasteiger charge is -2.35. The van der Waals surface area contributed by atoms with Crippen molar-refractivity contribution in [2.75, 3.05) is 27.8 Å². The molecular weight excluding hydrogens is 488 g/mol. The van der Waals surface area contributed by atoms with Gasteiger partial charge in [-0.05, 0) is 42.4 Å². The topological polar surface area (TPSA) is 104 Å². The Morgan fingerprint density at radius 1 is 1.11 bits per heavy atom. The van der Waals surface area contributed by atoms with E-state index >= 15 is 0 Å². The molecule has 0 aromatic heterocycles. The first-order valence-corrected chi connectivity index (χ1v) is 13.6. The first-order chi connectivity index (χ1) is 18.1. The van der Waals surface area contributed by atoms with Crippen LogP contribution in [0.1, 0.15) is 71.4 Å². The number of carbonyl (C=O) groups is 1. The Balaban J connectivity index is 2.57. The molecule has 216 valence electrons. The fourth-order valence-corrected chi connectivity index (χ4v) is 4.83. The van der Waals surface area contributed by atoms with Crippen LogP contribution >= 0.6 is 0 Å². The summed E-state index contributed by atoms with van der Waals surface area (Å²) in [6.45, 7) is 9.92. The van der Waals surface area contributed by atoms with Crippen LogP contribution in [0.2, 0.25) is 0 Å². The molecule has 0 radical (unpaired) electrons. The van der Waals surface area contributed by atoms with Crippen LogP contribution in [0.4, 0.5) is 0 Å². The van der Waals surface area contributed by atoms with Crippen molar-refractivity contribution in [3.05, 3.63) is 47.0 Å². The molecule has 0 saturated carbocycles. The van der Waals surface area contributed by atoms with Crippen molar-refractivity contribution in [3.63, 3.8) is 0 Å². The van der Waals surface area contributed by atoms with Crippen LogP contribution in [0.25, 0.3) is 0 Å². The predicted molar refractivity (Wildman–Crippen MR) is 146 cm³/mol. The van der Waals surface area contributed by atoms with Crippen molar-refractivity contribution in [2.45, 2.75) is 103 Å². The van der Waals surface area contributed by atoms with Crippen LogP contribution in [-0.4, -0.2) is 74.5 Å². The number of aliphatic hydroxyl groups excluding tert-OH is 2. The van der Waals surface area contributed by atoms with Crippen LogP contribution in [0.3, 0.4) is 0 Å². The first-order valence-electron chi connectivity index (χ1n) is 13.6. The average Bonchev–Trinajstić information content (AvgIpc) is 2.89. The number of methoxy groups -OCH3 is 2. The molecule has 8 heteroatoms. The second-order valence-electron chi connectivity index (χ2n) is 10.8. The van der Waals surface area contributed by atoms with E-state index in [1.807, 2.05) is 45.0 Å². The molecule has 0 saturated heterocycles. The summed E-state index contributed by atoms with van der Waals surface area (Å²) in [5.41, 5.74) is 2.07. The van der Waals surface area contributed by atoms with Gasteiger partial charge in [0, 0.05) is 38.9 Å². The Morgan fingerprint density at radius 3 is 2.39 bits per heavy atom. The molecule has 0 spiro atoms. The van der Waals surface area contributed by atoms with Gasteiger partial charge in [0.25, 0.3) is 0 Å². The van der Waals surface area contributed by atoms with Crippen molar-refractivity contribution in [1.29, 1.82) is 0 Å². The number of allylic oxidation sites excluding steroid dienone is 1. The molecule has 1 aliphatic rings. The maximum absolute atomic E-state index is 13.6. The normalized spacial score (nSPS) is 27.2. The molecule has 0 amide bonds.